The van der Waals surface area contributed by atoms with Gasteiger partial charge in [-0.1, -0.05) is 30.3 Å². The van der Waals surface area contributed by atoms with Crippen LogP contribution in [0.25, 0.3) is 0 Å². The van der Waals surface area contributed by atoms with Crippen LogP contribution in [0.2, 0.25) is 0 Å². The third-order valence-corrected chi connectivity index (χ3v) is 2.78. The zero-order chi connectivity index (χ0) is 9.31. The van der Waals surface area contributed by atoms with E-state index in [1.807, 2.05) is 30.3 Å². The van der Waals surface area contributed by atoms with Gasteiger partial charge in [0, 0.05) is 5.92 Å². The summed E-state index contributed by atoms with van der Waals surface area (Å²) in [5, 5.41) is 17.9. The largest absolute Gasteiger partial charge is 0.395 e. The van der Waals surface area contributed by atoms with Crippen LogP contribution in [0.15, 0.2) is 30.3 Å². The van der Waals surface area contributed by atoms with Gasteiger partial charge >= 0.3 is 0 Å². The van der Waals surface area contributed by atoms with E-state index in [1.54, 1.807) is 0 Å². The number of nitrogens with zero attached hydrogens (tertiary/aromatic N) is 1. The number of benzene rings is 1. The minimum absolute atomic E-state index is 0.0247. The lowest BCUT2D eigenvalue weighted by molar-refractivity contribution is 0.241. The summed E-state index contributed by atoms with van der Waals surface area (Å²) in [6, 6.07) is 12.1. The summed E-state index contributed by atoms with van der Waals surface area (Å²) in [6.45, 7) is -0.0247. The predicted octanol–water partition coefficient (Wildman–Crippen LogP) is 1.68. The number of aliphatic hydroxyl groups is 1. The topological polar surface area (TPSA) is 44.0 Å². The molecule has 1 aliphatic carbocycles. The molecule has 2 unspecified atom stereocenters. The van der Waals surface area contributed by atoms with Gasteiger partial charge in [-0.15, -0.1) is 0 Å². The van der Waals surface area contributed by atoms with Crippen LogP contribution < -0.4 is 0 Å². The molecule has 0 aromatic heterocycles. The van der Waals surface area contributed by atoms with Gasteiger partial charge < -0.3 is 5.11 Å². The molecule has 0 saturated heterocycles. The Morgan fingerprint density at radius 1 is 1.46 bits per heavy atom. The molecule has 0 spiro atoms. The van der Waals surface area contributed by atoms with Crippen LogP contribution in [0.5, 0.6) is 0 Å². The molecule has 1 aliphatic rings. The van der Waals surface area contributed by atoms with Crippen molar-refractivity contribution < 1.29 is 5.11 Å². The Bertz CT molecular complexity index is 341. The van der Waals surface area contributed by atoms with Crippen LogP contribution in [0.1, 0.15) is 17.9 Å². The molecule has 1 aromatic carbocycles. The lowest BCUT2D eigenvalue weighted by atomic mass is 10.0. The van der Waals surface area contributed by atoms with Gasteiger partial charge in [0.2, 0.25) is 0 Å². The first kappa shape index (κ1) is 8.28. The SMILES string of the molecule is N#CC1(CO)CC1c1ccccc1. The summed E-state index contributed by atoms with van der Waals surface area (Å²) in [7, 11) is 0. The quantitative estimate of drug-likeness (QED) is 0.739. The molecule has 0 bridgehead atoms. The average Bonchev–Trinajstić information content (AvgIpc) is 2.95. The van der Waals surface area contributed by atoms with E-state index in [9.17, 15) is 0 Å². The standard InChI is InChI=1S/C11H11NO/c12-7-11(8-13)6-10(11)9-4-2-1-3-5-9/h1-5,10,13H,6,8H2. The summed E-state index contributed by atoms with van der Waals surface area (Å²) in [5.41, 5.74) is 0.680. The Balaban J connectivity index is 2.21. The first-order chi connectivity index (χ1) is 6.32. The summed E-state index contributed by atoms with van der Waals surface area (Å²) in [4.78, 5) is 0. The van der Waals surface area contributed by atoms with E-state index in [-0.39, 0.29) is 12.5 Å². The minimum atomic E-state index is -0.485. The van der Waals surface area contributed by atoms with Crippen molar-refractivity contribution in [2.45, 2.75) is 12.3 Å². The van der Waals surface area contributed by atoms with Gasteiger partial charge in [-0.3, -0.25) is 0 Å². The molecule has 66 valence electrons. The zero-order valence-corrected chi connectivity index (χ0v) is 7.27. The first-order valence-electron chi connectivity index (χ1n) is 4.39. The van der Waals surface area contributed by atoms with Crippen molar-refractivity contribution in [3.8, 4) is 6.07 Å². The second-order valence-electron chi connectivity index (χ2n) is 3.59. The van der Waals surface area contributed by atoms with Gasteiger partial charge in [0.05, 0.1) is 18.1 Å². The van der Waals surface area contributed by atoms with Crippen LogP contribution in [0.3, 0.4) is 0 Å². The Labute approximate surface area is 77.4 Å². The average molecular weight is 173 g/mol. The molecule has 0 amide bonds. The van der Waals surface area contributed by atoms with Crippen molar-refractivity contribution in [1.29, 1.82) is 5.26 Å². The molecule has 2 heteroatoms. The molecule has 2 atom stereocenters. The van der Waals surface area contributed by atoms with Crippen LogP contribution in [0.4, 0.5) is 0 Å². The summed E-state index contributed by atoms with van der Waals surface area (Å²) in [5.74, 6) is 0.240. The number of aliphatic hydroxyl groups excluding tert-OH is 1. The van der Waals surface area contributed by atoms with Crippen molar-refractivity contribution in [1.82, 2.24) is 0 Å². The highest BCUT2D eigenvalue weighted by Crippen LogP contribution is 2.58. The van der Waals surface area contributed by atoms with Gasteiger partial charge in [-0.05, 0) is 12.0 Å². The Hall–Kier alpha value is -1.33. The van der Waals surface area contributed by atoms with Gasteiger partial charge in [-0.2, -0.15) is 5.26 Å². The number of hydrogen-bond donors (Lipinski definition) is 1. The molecule has 0 aliphatic heterocycles. The van der Waals surface area contributed by atoms with E-state index < -0.39 is 5.41 Å². The molecule has 1 N–H and O–H groups in total. The molecule has 13 heavy (non-hydrogen) atoms. The maximum absolute atomic E-state index is 9.07. The van der Waals surface area contributed by atoms with E-state index in [2.05, 4.69) is 6.07 Å². The third-order valence-electron chi connectivity index (χ3n) is 2.78. The van der Waals surface area contributed by atoms with E-state index in [0.717, 1.165) is 12.0 Å². The van der Waals surface area contributed by atoms with Crippen LogP contribution >= 0.6 is 0 Å². The second kappa shape index (κ2) is 2.86. The summed E-state index contributed by atoms with van der Waals surface area (Å²) < 4.78 is 0. The van der Waals surface area contributed by atoms with Crippen molar-refractivity contribution in [2.24, 2.45) is 5.41 Å². The predicted molar refractivity (Wildman–Crippen MR) is 48.9 cm³/mol. The molecule has 0 heterocycles. The third kappa shape index (κ3) is 1.22. The van der Waals surface area contributed by atoms with Gasteiger partial charge in [0.25, 0.3) is 0 Å². The first-order valence-corrected chi connectivity index (χ1v) is 4.39. The maximum Gasteiger partial charge on any atom is 0.0879 e. The van der Waals surface area contributed by atoms with Crippen molar-refractivity contribution in [2.75, 3.05) is 6.61 Å². The van der Waals surface area contributed by atoms with E-state index >= 15 is 0 Å². The minimum Gasteiger partial charge on any atom is -0.395 e. The van der Waals surface area contributed by atoms with E-state index in [4.69, 9.17) is 10.4 Å². The molecule has 1 aromatic rings. The summed E-state index contributed by atoms with van der Waals surface area (Å²) in [6.07, 6.45) is 0.796. The fourth-order valence-corrected chi connectivity index (χ4v) is 1.76. The fourth-order valence-electron chi connectivity index (χ4n) is 1.76. The lowest BCUT2D eigenvalue weighted by Gasteiger charge is -2.03. The smallest absolute Gasteiger partial charge is 0.0879 e. The van der Waals surface area contributed by atoms with Crippen LogP contribution in [0, 0.1) is 16.7 Å². The van der Waals surface area contributed by atoms with Crippen LogP contribution in [-0.2, 0) is 0 Å². The molecule has 1 fully saturated rings. The van der Waals surface area contributed by atoms with Crippen molar-refractivity contribution in [3.05, 3.63) is 35.9 Å². The van der Waals surface area contributed by atoms with Crippen molar-refractivity contribution >= 4 is 0 Å². The number of hydrogen-bond acceptors (Lipinski definition) is 2. The fraction of sp³-hybridized carbons (Fsp3) is 0.364. The summed E-state index contributed by atoms with van der Waals surface area (Å²) >= 11 is 0. The second-order valence-corrected chi connectivity index (χ2v) is 3.59. The highest BCUT2D eigenvalue weighted by molar-refractivity contribution is 5.34. The molecule has 2 rings (SSSR count). The Kier molecular flexibility index (Phi) is 1.82. The number of nitriles is 1. The highest BCUT2D eigenvalue weighted by atomic mass is 16.3. The van der Waals surface area contributed by atoms with Gasteiger partial charge in [0.15, 0.2) is 0 Å². The number of rotatable bonds is 2. The Morgan fingerprint density at radius 2 is 2.15 bits per heavy atom. The monoisotopic (exact) mass is 173 g/mol. The van der Waals surface area contributed by atoms with Gasteiger partial charge in [-0.25, -0.2) is 0 Å². The lowest BCUT2D eigenvalue weighted by Crippen LogP contribution is -2.05. The Morgan fingerprint density at radius 3 is 2.62 bits per heavy atom. The van der Waals surface area contributed by atoms with Crippen LogP contribution in [-0.4, -0.2) is 11.7 Å². The molecular weight excluding hydrogens is 162 g/mol. The highest BCUT2D eigenvalue weighted by Gasteiger charge is 2.55. The molecule has 2 nitrogen and oxygen atoms in total. The van der Waals surface area contributed by atoms with E-state index in [0.29, 0.717) is 0 Å². The van der Waals surface area contributed by atoms with E-state index in [1.165, 1.54) is 0 Å². The zero-order valence-electron chi connectivity index (χ0n) is 7.27. The normalized spacial score (nSPS) is 30.9. The molecule has 0 radical (unpaired) electrons. The molecule has 1 saturated carbocycles. The van der Waals surface area contributed by atoms with Crippen molar-refractivity contribution in [3.63, 3.8) is 0 Å². The van der Waals surface area contributed by atoms with Gasteiger partial charge in [0.1, 0.15) is 0 Å². The molecular formula is C11H11NO. The maximum atomic E-state index is 9.07.